The molecule has 0 spiro atoms. The molecule has 14 heavy (non-hydrogen) atoms. The van der Waals surface area contributed by atoms with Crippen LogP contribution >= 0.6 is 0 Å². The van der Waals surface area contributed by atoms with Gasteiger partial charge in [0.2, 0.25) is 0 Å². The molecule has 1 aliphatic heterocycles. The molecule has 0 radical (unpaired) electrons. The van der Waals surface area contributed by atoms with Gasteiger partial charge in [0.05, 0.1) is 13.2 Å². The van der Waals surface area contributed by atoms with Crippen LogP contribution in [-0.4, -0.2) is 19.5 Å². The van der Waals surface area contributed by atoms with E-state index in [-0.39, 0.29) is 6.29 Å². The molecule has 80 valence electrons. The minimum absolute atomic E-state index is 0.0471. The van der Waals surface area contributed by atoms with Crippen molar-refractivity contribution in [1.82, 2.24) is 0 Å². The minimum Gasteiger partial charge on any atom is -0.350 e. The number of hydrogen-bond donors (Lipinski definition) is 0. The molecule has 0 unspecified atom stereocenters. The second-order valence-electron chi connectivity index (χ2n) is 3.34. The van der Waals surface area contributed by atoms with E-state index in [0.717, 1.165) is 38.9 Å². The van der Waals surface area contributed by atoms with E-state index in [4.69, 9.17) is 9.47 Å². The monoisotopic (exact) mass is 196 g/mol. The van der Waals surface area contributed by atoms with Gasteiger partial charge < -0.3 is 9.47 Å². The molecule has 1 fully saturated rings. The van der Waals surface area contributed by atoms with E-state index in [0.29, 0.717) is 0 Å². The number of allylic oxidation sites excluding steroid dienone is 4. The van der Waals surface area contributed by atoms with Crippen molar-refractivity contribution in [3.63, 3.8) is 0 Å². The average Bonchev–Trinajstić information content (AvgIpc) is 2.69. The lowest BCUT2D eigenvalue weighted by molar-refractivity contribution is -0.0457. The summed E-state index contributed by atoms with van der Waals surface area (Å²) in [5.41, 5.74) is 0. The van der Waals surface area contributed by atoms with Crippen LogP contribution in [0.5, 0.6) is 0 Å². The number of rotatable bonds is 6. The lowest BCUT2D eigenvalue weighted by Crippen LogP contribution is -2.05. The third-order valence-corrected chi connectivity index (χ3v) is 2.10. The van der Waals surface area contributed by atoms with E-state index in [1.807, 2.05) is 0 Å². The first-order valence-electron chi connectivity index (χ1n) is 5.46. The maximum absolute atomic E-state index is 5.33. The van der Waals surface area contributed by atoms with E-state index in [2.05, 4.69) is 31.2 Å². The molecule has 2 nitrogen and oxygen atoms in total. The zero-order valence-electron chi connectivity index (χ0n) is 8.95. The summed E-state index contributed by atoms with van der Waals surface area (Å²) in [4.78, 5) is 0. The van der Waals surface area contributed by atoms with Gasteiger partial charge in [-0.3, -0.25) is 0 Å². The van der Waals surface area contributed by atoms with Gasteiger partial charge in [0, 0.05) is 6.42 Å². The van der Waals surface area contributed by atoms with Crippen molar-refractivity contribution in [2.24, 2.45) is 0 Å². The van der Waals surface area contributed by atoms with Gasteiger partial charge in [-0.15, -0.1) is 0 Å². The van der Waals surface area contributed by atoms with Gasteiger partial charge in [-0.25, -0.2) is 0 Å². The average molecular weight is 196 g/mol. The highest BCUT2D eigenvalue weighted by Crippen LogP contribution is 2.10. The van der Waals surface area contributed by atoms with Crippen molar-refractivity contribution < 1.29 is 9.47 Å². The van der Waals surface area contributed by atoms with Gasteiger partial charge in [0.25, 0.3) is 0 Å². The molecule has 1 aliphatic rings. The predicted octanol–water partition coefficient (Wildman–Crippen LogP) is 3.05. The highest BCUT2D eigenvalue weighted by molar-refractivity contribution is 4.92. The van der Waals surface area contributed by atoms with E-state index in [1.54, 1.807) is 0 Å². The Morgan fingerprint density at radius 2 is 1.79 bits per heavy atom. The second-order valence-corrected chi connectivity index (χ2v) is 3.34. The summed E-state index contributed by atoms with van der Waals surface area (Å²) in [5, 5.41) is 0. The molecular weight excluding hydrogens is 176 g/mol. The van der Waals surface area contributed by atoms with Crippen molar-refractivity contribution in [3.8, 4) is 0 Å². The van der Waals surface area contributed by atoms with Gasteiger partial charge in [0.1, 0.15) is 0 Å². The molecule has 1 heterocycles. The summed E-state index contributed by atoms with van der Waals surface area (Å²) in [7, 11) is 0. The summed E-state index contributed by atoms with van der Waals surface area (Å²) in [6.07, 6.45) is 13.0. The largest absolute Gasteiger partial charge is 0.350 e. The van der Waals surface area contributed by atoms with Gasteiger partial charge in [-0.2, -0.15) is 0 Å². The van der Waals surface area contributed by atoms with Gasteiger partial charge in [-0.1, -0.05) is 31.2 Å². The van der Waals surface area contributed by atoms with E-state index in [9.17, 15) is 0 Å². The van der Waals surface area contributed by atoms with Crippen LogP contribution in [0, 0.1) is 0 Å². The van der Waals surface area contributed by atoms with E-state index >= 15 is 0 Å². The first kappa shape index (κ1) is 11.5. The summed E-state index contributed by atoms with van der Waals surface area (Å²) >= 11 is 0. The molecule has 0 N–H and O–H groups in total. The Morgan fingerprint density at radius 1 is 1.07 bits per heavy atom. The fourth-order valence-electron chi connectivity index (χ4n) is 1.36. The normalized spacial score (nSPS) is 18.9. The molecule has 1 rings (SSSR count). The zero-order chi connectivity index (χ0) is 10.1. The highest BCUT2D eigenvalue weighted by atomic mass is 16.7. The molecule has 0 aromatic carbocycles. The summed E-state index contributed by atoms with van der Waals surface area (Å²) in [6.45, 7) is 3.66. The minimum atomic E-state index is 0.0471. The third kappa shape index (κ3) is 5.20. The topological polar surface area (TPSA) is 18.5 Å². The predicted molar refractivity (Wildman–Crippen MR) is 58.1 cm³/mol. The lowest BCUT2D eigenvalue weighted by atomic mass is 10.2. The number of ether oxygens (including phenoxy) is 2. The molecule has 1 saturated heterocycles. The molecule has 0 aromatic rings. The van der Waals surface area contributed by atoms with Crippen LogP contribution in [0.15, 0.2) is 24.3 Å². The Balaban J connectivity index is 1.94. The molecule has 0 aliphatic carbocycles. The second kappa shape index (κ2) is 7.77. The zero-order valence-corrected chi connectivity index (χ0v) is 8.95. The lowest BCUT2D eigenvalue weighted by Gasteiger charge is -2.05. The molecule has 2 heteroatoms. The Morgan fingerprint density at radius 3 is 2.50 bits per heavy atom. The maximum atomic E-state index is 5.33. The maximum Gasteiger partial charge on any atom is 0.158 e. The van der Waals surface area contributed by atoms with Gasteiger partial charge >= 0.3 is 0 Å². The fourth-order valence-corrected chi connectivity index (χ4v) is 1.36. The van der Waals surface area contributed by atoms with Crippen LogP contribution in [-0.2, 0) is 9.47 Å². The van der Waals surface area contributed by atoms with Crippen molar-refractivity contribution in [1.29, 1.82) is 0 Å². The Bertz CT molecular complexity index is 179. The van der Waals surface area contributed by atoms with Crippen molar-refractivity contribution >= 4 is 0 Å². The van der Waals surface area contributed by atoms with Crippen LogP contribution < -0.4 is 0 Å². The Hall–Kier alpha value is -0.600. The fraction of sp³-hybridized carbons (Fsp3) is 0.667. The van der Waals surface area contributed by atoms with Gasteiger partial charge in [-0.05, 0) is 19.3 Å². The van der Waals surface area contributed by atoms with Crippen molar-refractivity contribution in [2.75, 3.05) is 13.2 Å². The van der Waals surface area contributed by atoms with Crippen LogP contribution in [0.1, 0.15) is 32.6 Å². The van der Waals surface area contributed by atoms with Crippen LogP contribution in [0.4, 0.5) is 0 Å². The molecule has 0 amide bonds. The molecule has 0 aromatic heterocycles. The van der Waals surface area contributed by atoms with Gasteiger partial charge in [0.15, 0.2) is 6.29 Å². The van der Waals surface area contributed by atoms with Crippen LogP contribution in [0.3, 0.4) is 0 Å². The van der Waals surface area contributed by atoms with Crippen LogP contribution in [0.25, 0.3) is 0 Å². The summed E-state index contributed by atoms with van der Waals surface area (Å²) in [6, 6.07) is 0. The van der Waals surface area contributed by atoms with Crippen LogP contribution in [0.2, 0.25) is 0 Å². The van der Waals surface area contributed by atoms with E-state index in [1.165, 1.54) is 0 Å². The molecular formula is C12H20O2. The first-order chi connectivity index (χ1) is 6.93. The smallest absolute Gasteiger partial charge is 0.158 e. The van der Waals surface area contributed by atoms with Crippen molar-refractivity contribution in [3.05, 3.63) is 24.3 Å². The molecule has 0 bridgehead atoms. The summed E-state index contributed by atoms with van der Waals surface area (Å²) < 4.78 is 10.7. The molecule has 0 atom stereocenters. The van der Waals surface area contributed by atoms with Crippen molar-refractivity contribution in [2.45, 2.75) is 38.9 Å². The SMILES string of the molecule is CC/C=C\C/C=C\CCC1OCCO1. The van der Waals surface area contributed by atoms with E-state index < -0.39 is 0 Å². The first-order valence-corrected chi connectivity index (χ1v) is 5.46. The highest BCUT2D eigenvalue weighted by Gasteiger charge is 2.13. The quantitative estimate of drug-likeness (QED) is 0.608. The third-order valence-electron chi connectivity index (χ3n) is 2.10. The summed E-state index contributed by atoms with van der Waals surface area (Å²) in [5.74, 6) is 0. The standard InChI is InChI=1S/C12H20O2/c1-2-3-4-5-6-7-8-9-12-13-10-11-14-12/h3-4,6-7,12H,2,5,8-11H2,1H3/b4-3-,7-6-. The number of hydrogen-bond acceptors (Lipinski definition) is 2. The Labute approximate surface area is 86.6 Å². The molecule has 0 saturated carbocycles. The Kier molecular flexibility index (Phi) is 6.37.